The van der Waals surface area contributed by atoms with Crippen molar-refractivity contribution in [1.82, 2.24) is 15.1 Å². The summed E-state index contributed by atoms with van der Waals surface area (Å²) in [7, 11) is 0. The van der Waals surface area contributed by atoms with Crippen molar-refractivity contribution in [2.45, 2.75) is 33.2 Å². The summed E-state index contributed by atoms with van der Waals surface area (Å²) in [5, 5.41) is 15.4. The Kier molecular flexibility index (Phi) is 10.5. The first-order valence-corrected chi connectivity index (χ1v) is 9.43. The standard InChI is InChI=1S/C19H31N5O2.HI/c1-4-20-19(24-12-11-16(14-24)23(5-2)6-3)21-13-18(26)22-15-7-9-17(25)10-8-15;/h7-10,16,25H,4-6,11-14H2,1-3H3,(H,20,21)(H,22,26);1H. The first kappa shape index (κ1) is 23.5. The summed E-state index contributed by atoms with van der Waals surface area (Å²) in [6.45, 7) is 11.2. The molecular weight excluding hydrogens is 457 g/mol. The number of aromatic hydroxyl groups is 1. The topological polar surface area (TPSA) is 80.2 Å². The van der Waals surface area contributed by atoms with Crippen LogP contribution in [0.5, 0.6) is 5.75 Å². The summed E-state index contributed by atoms with van der Waals surface area (Å²) in [6.07, 6.45) is 1.12. The fourth-order valence-corrected chi connectivity index (χ4v) is 3.29. The molecule has 0 bridgehead atoms. The lowest BCUT2D eigenvalue weighted by Crippen LogP contribution is -2.43. The van der Waals surface area contributed by atoms with E-state index in [1.165, 1.54) is 0 Å². The van der Waals surface area contributed by atoms with Crippen molar-refractivity contribution in [2.24, 2.45) is 4.99 Å². The number of likely N-dealkylation sites (tertiary alicyclic amines) is 1. The number of guanidine groups is 1. The zero-order valence-corrected chi connectivity index (χ0v) is 18.8. The van der Waals surface area contributed by atoms with Gasteiger partial charge in [-0.3, -0.25) is 9.69 Å². The number of nitrogens with one attached hydrogen (secondary N) is 2. The number of hydrogen-bond donors (Lipinski definition) is 3. The number of anilines is 1. The molecule has 1 aliphatic heterocycles. The maximum Gasteiger partial charge on any atom is 0.246 e. The van der Waals surface area contributed by atoms with Crippen LogP contribution in [0.3, 0.4) is 0 Å². The molecule has 1 saturated heterocycles. The summed E-state index contributed by atoms with van der Waals surface area (Å²) < 4.78 is 0. The Morgan fingerprint density at radius 3 is 2.52 bits per heavy atom. The van der Waals surface area contributed by atoms with E-state index in [-0.39, 0.29) is 42.2 Å². The van der Waals surface area contributed by atoms with E-state index in [2.05, 4.69) is 39.3 Å². The number of likely N-dealkylation sites (N-methyl/N-ethyl adjacent to an activating group) is 1. The summed E-state index contributed by atoms with van der Waals surface area (Å²) in [5.74, 6) is 0.792. The van der Waals surface area contributed by atoms with Crippen LogP contribution in [0.15, 0.2) is 29.3 Å². The highest BCUT2D eigenvalue weighted by molar-refractivity contribution is 14.0. The van der Waals surface area contributed by atoms with Crippen molar-refractivity contribution >= 4 is 41.5 Å². The minimum absolute atomic E-state index is 0. The molecule has 1 fully saturated rings. The lowest BCUT2D eigenvalue weighted by Gasteiger charge is -2.27. The Labute approximate surface area is 179 Å². The first-order valence-electron chi connectivity index (χ1n) is 9.43. The van der Waals surface area contributed by atoms with Gasteiger partial charge in [0.25, 0.3) is 0 Å². The number of phenolic OH excluding ortho intramolecular Hbond substituents is 1. The van der Waals surface area contributed by atoms with Gasteiger partial charge in [-0.1, -0.05) is 13.8 Å². The quantitative estimate of drug-likeness (QED) is 0.237. The minimum atomic E-state index is -0.175. The molecule has 1 aromatic carbocycles. The van der Waals surface area contributed by atoms with Crippen LogP contribution >= 0.6 is 24.0 Å². The zero-order valence-electron chi connectivity index (χ0n) is 16.4. The molecule has 0 radical (unpaired) electrons. The largest absolute Gasteiger partial charge is 0.508 e. The molecule has 1 amide bonds. The summed E-state index contributed by atoms with van der Waals surface area (Å²) in [5.41, 5.74) is 0.649. The Morgan fingerprint density at radius 1 is 1.26 bits per heavy atom. The third-order valence-electron chi connectivity index (χ3n) is 4.65. The van der Waals surface area contributed by atoms with Crippen molar-refractivity contribution in [3.8, 4) is 5.75 Å². The Balaban J connectivity index is 0.00000364. The minimum Gasteiger partial charge on any atom is -0.508 e. The van der Waals surface area contributed by atoms with Gasteiger partial charge in [-0.05, 0) is 50.7 Å². The molecule has 1 aliphatic rings. The molecular formula is C19H32IN5O2. The molecule has 0 spiro atoms. The van der Waals surface area contributed by atoms with Gasteiger partial charge >= 0.3 is 0 Å². The van der Waals surface area contributed by atoms with E-state index >= 15 is 0 Å². The number of aliphatic imine (C=N–C) groups is 1. The predicted octanol–water partition coefficient (Wildman–Crippen LogP) is 2.33. The smallest absolute Gasteiger partial charge is 0.246 e. The summed E-state index contributed by atoms with van der Waals surface area (Å²) in [6, 6.07) is 6.95. The number of rotatable bonds is 7. The molecule has 27 heavy (non-hydrogen) atoms. The number of benzene rings is 1. The molecule has 1 aromatic rings. The van der Waals surface area contributed by atoms with E-state index in [4.69, 9.17) is 0 Å². The van der Waals surface area contributed by atoms with E-state index in [0.717, 1.165) is 45.1 Å². The fourth-order valence-electron chi connectivity index (χ4n) is 3.29. The highest BCUT2D eigenvalue weighted by Crippen LogP contribution is 2.16. The molecule has 0 aromatic heterocycles. The Hall–Kier alpha value is -1.55. The molecule has 0 aliphatic carbocycles. The molecule has 1 unspecified atom stereocenters. The van der Waals surface area contributed by atoms with Crippen LogP contribution in [-0.4, -0.2) is 72.1 Å². The lowest BCUT2D eigenvalue weighted by molar-refractivity contribution is -0.114. The third kappa shape index (κ3) is 7.17. The third-order valence-corrected chi connectivity index (χ3v) is 4.65. The second-order valence-corrected chi connectivity index (χ2v) is 6.37. The molecule has 1 heterocycles. The van der Waals surface area contributed by atoms with E-state index in [1.54, 1.807) is 24.3 Å². The summed E-state index contributed by atoms with van der Waals surface area (Å²) in [4.78, 5) is 21.4. The number of halogens is 1. The van der Waals surface area contributed by atoms with Crippen LogP contribution in [0.4, 0.5) is 5.69 Å². The maximum atomic E-state index is 12.2. The Bertz CT molecular complexity index is 605. The van der Waals surface area contributed by atoms with Gasteiger partial charge in [0.05, 0.1) is 0 Å². The second kappa shape index (κ2) is 12.0. The van der Waals surface area contributed by atoms with Gasteiger partial charge in [0.2, 0.25) is 5.91 Å². The van der Waals surface area contributed by atoms with E-state index in [0.29, 0.717) is 11.7 Å². The second-order valence-electron chi connectivity index (χ2n) is 6.37. The molecule has 8 heteroatoms. The van der Waals surface area contributed by atoms with Crippen LogP contribution in [0.1, 0.15) is 27.2 Å². The number of nitrogens with zero attached hydrogens (tertiary/aromatic N) is 3. The maximum absolute atomic E-state index is 12.2. The van der Waals surface area contributed by atoms with E-state index < -0.39 is 0 Å². The molecule has 152 valence electrons. The zero-order chi connectivity index (χ0) is 18.9. The van der Waals surface area contributed by atoms with Crippen molar-refractivity contribution in [2.75, 3.05) is 44.6 Å². The van der Waals surface area contributed by atoms with Crippen molar-refractivity contribution in [3.05, 3.63) is 24.3 Å². The Morgan fingerprint density at radius 2 is 1.93 bits per heavy atom. The van der Waals surface area contributed by atoms with Gasteiger partial charge in [0.1, 0.15) is 12.3 Å². The van der Waals surface area contributed by atoms with Crippen LogP contribution in [0.2, 0.25) is 0 Å². The monoisotopic (exact) mass is 489 g/mol. The molecule has 7 nitrogen and oxygen atoms in total. The van der Waals surface area contributed by atoms with Gasteiger partial charge in [-0.25, -0.2) is 4.99 Å². The average molecular weight is 489 g/mol. The lowest BCUT2D eigenvalue weighted by atomic mass is 10.2. The number of phenols is 1. The van der Waals surface area contributed by atoms with Crippen LogP contribution in [-0.2, 0) is 4.79 Å². The summed E-state index contributed by atoms with van der Waals surface area (Å²) >= 11 is 0. The predicted molar refractivity (Wildman–Crippen MR) is 121 cm³/mol. The van der Waals surface area contributed by atoms with Gasteiger partial charge in [0.15, 0.2) is 5.96 Å². The average Bonchev–Trinajstić information content (AvgIpc) is 3.11. The fraction of sp³-hybridized carbons (Fsp3) is 0.579. The SMILES string of the molecule is CCNC(=NCC(=O)Nc1ccc(O)cc1)N1CCC(N(CC)CC)C1.I. The van der Waals surface area contributed by atoms with Gasteiger partial charge in [-0.2, -0.15) is 0 Å². The van der Waals surface area contributed by atoms with Crippen LogP contribution in [0.25, 0.3) is 0 Å². The van der Waals surface area contributed by atoms with Crippen molar-refractivity contribution < 1.29 is 9.90 Å². The molecule has 2 rings (SSSR count). The number of amides is 1. The normalized spacial score (nSPS) is 17.0. The first-order chi connectivity index (χ1) is 12.6. The number of carbonyl (C=O) groups is 1. The van der Waals surface area contributed by atoms with Gasteiger partial charge < -0.3 is 20.6 Å². The van der Waals surface area contributed by atoms with E-state index in [9.17, 15) is 9.90 Å². The highest BCUT2D eigenvalue weighted by atomic mass is 127. The molecule has 3 N–H and O–H groups in total. The van der Waals surface area contributed by atoms with Crippen LogP contribution in [0, 0.1) is 0 Å². The van der Waals surface area contributed by atoms with Crippen molar-refractivity contribution in [3.63, 3.8) is 0 Å². The van der Waals surface area contributed by atoms with Gasteiger partial charge in [0, 0.05) is 31.4 Å². The molecule has 1 atom stereocenters. The van der Waals surface area contributed by atoms with Crippen LogP contribution < -0.4 is 10.6 Å². The number of hydrogen-bond acceptors (Lipinski definition) is 4. The number of carbonyl (C=O) groups excluding carboxylic acids is 1. The van der Waals surface area contributed by atoms with Crippen molar-refractivity contribution in [1.29, 1.82) is 0 Å². The molecule has 0 saturated carbocycles. The van der Waals surface area contributed by atoms with E-state index in [1.807, 2.05) is 6.92 Å². The highest BCUT2D eigenvalue weighted by Gasteiger charge is 2.28. The van der Waals surface area contributed by atoms with Gasteiger partial charge in [-0.15, -0.1) is 24.0 Å².